The van der Waals surface area contributed by atoms with Gasteiger partial charge in [0.1, 0.15) is 0 Å². The van der Waals surface area contributed by atoms with E-state index in [-0.39, 0.29) is 4.90 Å². The molecular formula is C15H20N2O3S. The quantitative estimate of drug-likeness (QED) is 0.857. The fourth-order valence-electron chi connectivity index (χ4n) is 2.54. The normalized spacial score (nSPS) is 23.7. The highest BCUT2D eigenvalue weighted by Crippen LogP contribution is 2.31. The smallest absolute Gasteiger partial charge is 0.244 e. The molecule has 5 nitrogen and oxygen atoms in total. The first-order chi connectivity index (χ1) is 9.85. The zero-order chi connectivity index (χ0) is 15.7. The minimum absolute atomic E-state index is 0.211. The second-order valence-corrected chi connectivity index (χ2v) is 7.40. The van der Waals surface area contributed by atoms with Crippen LogP contribution in [0.3, 0.4) is 0 Å². The molecule has 1 aromatic rings. The number of ether oxygens (including phenoxy) is 1. The summed E-state index contributed by atoms with van der Waals surface area (Å²) in [5.41, 5.74) is 0.455. The van der Waals surface area contributed by atoms with Crippen LogP contribution in [0.1, 0.15) is 31.4 Å². The Balaban J connectivity index is 2.54. The zero-order valence-corrected chi connectivity index (χ0v) is 13.4. The number of benzene rings is 1. The SMILES string of the molecule is CC[C@@]1(C)COCCN1S(=O)(=O)c1cc(C#N)ccc1C. The lowest BCUT2D eigenvalue weighted by Gasteiger charge is -2.43. The first-order valence-corrected chi connectivity index (χ1v) is 8.40. The summed E-state index contributed by atoms with van der Waals surface area (Å²) in [6, 6.07) is 6.76. The van der Waals surface area contributed by atoms with E-state index < -0.39 is 15.6 Å². The summed E-state index contributed by atoms with van der Waals surface area (Å²) < 4.78 is 33.0. The van der Waals surface area contributed by atoms with Crippen LogP contribution in [0.2, 0.25) is 0 Å². The first kappa shape index (κ1) is 16.0. The van der Waals surface area contributed by atoms with Crippen LogP contribution in [0.5, 0.6) is 0 Å². The highest BCUT2D eigenvalue weighted by atomic mass is 32.2. The van der Waals surface area contributed by atoms with Crippen LogP contribution in [-0.4, -0.2) is 38.0 Å². The number of morpholine rings is 1. The Labute approximate surface area is 126 Å². The van der Waals surface area contributed by atoms with Crippen molar-refractivity contribution in [1.29, 1.82) is 5.26 Å². The average molecular weight is 308 g/mol. The van der Waals surface area contributed by atoms with E-state index in [0.717, 1.165) is 0 Å². The molecule has 1 fully saturated rings. The minimum Gasteiger partial charge on any atom is -0.378 e. The van der Waals surface area contributed by atoms with Crippen LogP contribution in [0, 0.1) is 18.3 Å². The third-order valence-corrected chi connectivity index (χ3v) is 6.30. The summed E-state index contributed by atoms with van der Waals surface area (Å²) in [5, 5.41) is 9.00. The zero-order valence-electron chi connectivity index (χ0n) is 12.6. The lowest BCUT2D eigenvalue weighted by Crippen LogP contribution is -2.56. The molecule has 1 aromatic carbocycles. The third kappa shape index (κ3) is 2.82. The molecule has 1 heterocycles. The molecule has 0 spiro atoms. The van der Waals surface area contributed by atoms with Crippen molar-refractivity contribution in [3.05, 3.63) is 29.3 Å². The van der Waals surface area contributed by atoms with Gasteiger partial charge in [0.25, 0.3) is 0 Å². The summed E-state index contributed by atoms with van der Waals surface area (Å²) in [7, 11) is -3.64. The molecular weight excluding hydrogens is 288 g/mol. The Kier molecular flexibility index (Phi) is 4.38. The maximum Gasteiger partial charge on any atom is 0.244 e. The molecule has 1 saturated heterocycles. The van der Waals surface area contributed by atoms with E-state index in [0.29, 0.717) is 37.3 Å². The topological polar surface area (TPSA) is 70.4 Å². The molecule has 2 rings (SSSR count). The number of hydrogen-bond acceptors (Lipinski definition) is 4. The number of hydrogen-bond donors (Lipinski definition) is 0. The van der Waals surface area contributed by atoms with Crippen molar-refractivity contribution in [2.24, 2.45) is 0 Å². The van der Waals surface area contributed by atoms with Gasteiger partial charge in [-0.2, -0.15) is 9.57 Å². The molecule has 0 saturated carbocycles. The lowest BCUT2D eigenvalue weighted by molar-refractivity contribution is -0.0186. The predicted octanol–water partition coefficient (Wildman–Crippen LogP) is 2.06. The van der Waals surface area contributed by atoms with Crippen LogP contribution >= 0.6 is 0 Å². The van der Waals surface area contributed by atoms with Crippen molar-refractivity contribution in [3.8, 4) is 6.07 Å². The molecule has 1 aliphatic heterocycles. The molecule has 114 valence electrons. The largest absolute Gasteiger partial charge is 0.378 e. The van der Waals surface area contributed by atoms with E-state index in [1.165, 1.54) is 10.4 Å². The van der Waals surface area contributed by atoms with Crippen molar-refractivity contribution in [3.63, 3.8) is 0 Å². The summed E-state index contributed by atoms with van der Waals surface area (Å²) in [5.74, 6) is 0. The van der Waals surface area contributed by atoms with Crippen LogP contribution in [0.4, 0.5) is 0 Å². The highest BCUT2D eigenvalue weighted by molar-refractivity contribution is 7.89. The first-order valence-electron chi connectivity index (χ1n) is 6.96. The lowest BCUT2D eigenvalue weighted by atomic mass is 9.99. The Morgan fingerprint density at radius 2 is 2.19 bits per heavy atom. The Morgan fingerprint density at radius 1 is 1.48 bits per heavy atom. The van der Waals surface area contributed by atoms with E-state index in [4.69, 9.17) is 10.00 Å². The van der Waals surface area contributed by atoms with Crippen molar-refractivity contribution < 1.29 is 13.2 Å². The molecule has 0 aromatic heterocycles. The molecule has 21 heavy (non-hydrogen) atoms. The van der Waals surface area contributed by atoms with Gasteiger partial charge < -0.3 is 4.74 Å². The minimum atomic E-state index is -3.64. The van der Waals surface area contributed by atoms with Crippen LogP contribution in [-0.2, 0) is 14.8 Å². The van der Waals surface area contributed by atoms with E-state index in [2.05, 4.69) is 0 Å². The summed E-state index contributed by atoms with van der Waals surface area (Å²) in [6.07, 6.45) is 0.670. The average Bonchev–Trinajstić information content (AvgIpc) is 2.47. The van der Waals surface area contributed by atoms with Crippen molar-refractivity contribution >= 4 is 10.0 Å². The van der Waals surface area contributed by atoms with Crippen LogP contribution in [0.25, 0.3) is 0 Å². The predicted molar refractivity (Wildman–Crippen MR) is 79.3 cm³/mol. The molecule has 0 bridgehead atoms. The standard InChI is InChI=1S/C15H20N2O3S/c1-4-15(3)11-20-8-7-17(15)21(18,19)14-9-13(10-16)6-5-12(14)2/h5-6,9H,4,7-8,11H2,1-3H3/t15-/m0/s1. The van der Waals surface area contributed by atoms with Crippen molar-refractivity contribution in [2.45, 2.75) is 37.6 Å². The second kappa shape index (κ2) is 5.76. The van der Waals surface area contributed by atoms with Gasteiger partial charge in [-0.25, -0.2) is 8.42 Å². The summed E-state index contributed by atoms with van der Waals surface area (Å²) in [6.45, 7) is 6.72. The number of nitriles is 1. The van der Waals surface area contributed by atoms with Gasteiger partial charge in [-0.3, -0.25) is 0 Å². The van der Waals surface area contributed by atoms with E-state index in [9.17, 15) is 8.42 Å². The fraction of sp³-hybridized carbons (Fsp3) is 0.533. The number of rotatable bonds is 3. The van der Waals surface area contributed by atoms with Crippen LogP contribution < -0.4 is 0 Å². The number of nitrogens with zero attached hydrogens (tertiary/aromatic N) is 2. The van der Waals surface area contributed by atoms with Gasteiger partial charge in [-0.15, -0.1) is 0 Å². The Hall–Kier alpha value is -1.42. The monoisotopic (exact) mass is 308 g/mol. The molecule has 0 N–H and O–H groups in total. The third-order valence-electron chi connectivity index (χ3n) is 4.10. The van der Waals surface area contributed by atoms with Gasteiger partial charge >= 0.3 is 0 Å². The second-order valence-electron chi connectivity index (χ2n) is 5.57. The summed E-state index contributed by atoms with van der Waals surface area (Å²) in [4.78, 5) is 0.211. The van der Waals surface area contributed by atoms with Gasteiger partial charge in [0.15, 0.2) is 0 Å². The molecule has 0 amide bonds. The molecule has 6 heteroatoms. The number of sulfonamides is 1. The van der Waals surface area contributed by atoms with E-state index >= 15 is 0 Å². The van der Waals surface area contributed by atoms with Crippen molar-refractivity contribution in [2.75, 3.05) is 19.8 Å². The molecule has 1 atom stereocenters. The Morgan fingerprint density at radius 3 is 2.81 bits per heavy atom. The van der Waals surface area contributed by atoms with Crippen LogP contribution in [0.15, 0.2) is 23.1 Å². The molecule has 0 aliphatic carbocycles. The van der Waals surface area contributed by atoms with Gasteiger partial charge in [-0.05, 0) is 38.0 Å². The van der Waals surface area contributed by atoms with Gasteiger partial charge in [0.05, 0.1) is 35.3 Å². The molecule has 1 aliphatic rings. The van der Waals surface area contributed by atoms with E-state index in [1.807, 2.05) is 19.9 Å². The van der Waals surface area contributed by atoms with Gasteiger partial charge in [-0.1, -0.05) is 13.0 Å². The highest BCUT2D eigenvalue weighted by Gasteiger charge is 2.42. The van der Waals surface area contributed by atoms with Crippen molar-refractivity contribution in [1.82, 2.24) is 4.31 Å². The van der Waals surface area contributed by atoms with E-state index in [1.54, 1.807) is 19.1 Å². The number of aryl methyl sites for hydroxylation is 1. The fourth-order valence-corrected chi connectivity index (χ4v) is 4.60. The Bertz CT molecular complexity index is 679. The van der Waals surface area contributed by atoms with Gasteiger partial charge in [0.2, 0.25) is 10.0 Å². The summed E-state index contributed by atoms with van der Waals surface area (Å²) >= 11 is 0. The molecule has 0 radical (unpaired) electrons. The maximum absolute atomic E-state index is 13.0. The maximum atomic E-state index is 13.0. The molecule has 0 unspecified atom stereocenters. The van der Waals surface area contributed by atoms with Gasteiger partial charge in [0, 0.05) is 6.54 Å².